The molecule has 0 unspecified atom stereocenters. The van der Waals surface area contributed by atoms with Crippen molar-refractivity contribution in [2.45, 2.75) is 31.9 Å². The van der Waals surface area contributed by atoms with Gasteiger partial charge in [0.1, 0.15) is 11.9 Å². The van der Waals surface area contributed by atoms with E-state index < -0.39 is 12.2 Å². The fourth-order valence-electron chi connectivity index (χ4n) is 4.77. The van der Waals surface area contributed by atoms with Crippen LogP contribution >= 0.6 is 0 Å². The summed E-state index contributed by atoms with van der Waals surface area (Å²) in [4.78, 5) is 28.9. The summed E-state index contributed by atoms with van der Waals surface area (Å²) in [6.45, 7) is 4.69. The zero-order valence-corrected chi connectivity index (χ0v) is 17.0. The monoisotopic (exact) mass is 415 g/mol. The van der Waals surface area contributed by atoms with Crippen molar-refractivity contribution in [2.75, 3.05) is 49.1 Å². The van der Waals surface area contributed by atoms with Crippen molar-refractivity contribution in [3.63, 3.8) is 0 Å². The molecule has 3 aliphatic rings. The number of halogens is 1. The van der Waals surface area contributed by atoms with E-state index in [4.69, 9.17) is 10.00 Å². The van der Waals surface area contributed by atoms with Gasteiger partial charge in [0.15, 0.2) is 0 Å². The number of anilines is 2. The third kappa shape index (κ3) is 4.05. The molecule has 3 fully saturated rings. The van der Waals surface area contributed by atoms with Gasteiger partial charge in [-0.15, -0.1) is 0 Å². The number of likely N-dealkylation sites (tertiary alicyclic amines) is 1. The minimum Gasteiger partial charge on any atom is -0.442 e. The predicted molar refractivity (Wildman–Crippen MR) is 109 cm³/mol. The number of hydrogen-bond acceptors (Lipinski definition) is 6. The second-order valence-corrected chi connectivity index (χ2v) is 8.19. The molecule has 3 aliphatic heterocycles. The van der Waals surface area contributed by atoms with E-state index >= 15 is 4.39 Å². The molecule has 0 bridgehead atoms. The minimum atomic E-state index is -0.545. The average molecular weight is 415 g/mol. The van der Waals surface area contributed by atoms with Gasteiger partial charge in [0, 0.05) is 26.1 Å². The normalized spacial score (nSPS) is 26.3. The van der Waals surface area contributed by atoms with Gasteiger partial charge in [0.2, 0.25) is 5.91 Å². The van der Waals surface area contributed by atoms with Crippen LogP contribution in [-0.4, -0.2) is 68.3 Å². The van der Waals surface area contributed by atoms with E-state index in [0.717, 1.165) is 25.9 Å². The largest absolute Gasteiger partial charge is 0.442 e. The van der Waals surface area contributed by atoms with E-state index in [9.17, 15) is 9.59 Å². The summed E-state index contributed by atoms with van der Waals surface area (Å²) in [5, 5.41) is 11.7. The standard InChI is InChI=1S/C21H26FN5O3/c1-14(28)24-10-17-12-27(21(29)30-17)16-4-5-19(18(22)9-16)26-11-15-3-2-7-25(8-6-23)20(15)13-26/h4-5,9,15,17,20H,2-3,7-8,10-13H2,1H3,(H,24,28)/t15-,17-,20+/m0/s1. The summed E-state index contributed by atoms with van der Waals surface area (Å²) in [6, 6.07) is 7.33. The number of nitrogens with zero attached hydrogens (tertiary/aromatic N) is 4. The first-order chi connectivity index (χ1) is 14.5. The van der Waals surface area contributed by atoms with Crippen molar-refractivity contribution in [1.29, 1.82) is 5.26 Å². The molecule has 9 heteroatoms. The number of amides is 2. The molecule has 1 N–H and O–H groups in total. The lowest BCUT2D eigenvalue weighted by atomic mass is 9.92. The molecule has 1 aromatic rings. The highest BCUT2D eigenvalue weighted by molar-refractivity contribution is 5.90. The van der Waals surface area contributed by atoms with Crippen molar-refractivity contribution in [3.05, 3.63) is 24.0 Å². The molecular formula is C21H26FN5O3. The number of carbonyl (C=O) groups excluding carboxylic acids is 2. The molecule has 160 valence electrons. The van der Waals surface area contributed by atoms with Crippen molar-refractivity contribution in [3.8, 4) is 6.07 Å². The Bertz CT molecular complexity index is 873. The first-order valence-electron chi connectivity index (χ1n) is 10.3. The van der Waals surface area contributed by atoms with Crippen LogP contribution in [0.1, 0.15) is 19.8 Å². The minimum absolute atomic E-state index is 0.195. The van der Waals surface area contributed by atoms with Crippen molar-refractivity contribution < 1.29 is 18.7 Å². The van der Waals surface area contributed by atoms with Gasteiger partial charge in [0.25, 0.3) is 0 Å². The second kappa shape index (κ2) is 8.48. The van der Waals surface area contributed by atoms with Crippen molar-refractivity contribution >= 4 is 23.4 Å². The Labute approximate surface area is 175 Å². The second-order valence-electron chi connectivity index (χ2n) is 8.19. The molecule has 8 nitrogen and oxygen atoms in total. The highest BCUT2D eigenvalue weighted by Gasteiger charge is 2.40. The van der Waals surface area contributed by atoms with Crippen molar-refractivity contribution in [1.82, 2.24) is 10.2 Å². The third-order valence-electron chi connectivity index (χ3n) is 6.21. The summed E-state index contributed by atoms with van der Waals surface area (Å²) in [5.41, 5.74) is 0.960. The number of hydrogen-bond donors (Lipinski definition) is 1. The molecule has 3 atom stereocenters. The highest BCUT2D eigenvalue weighted by Crippen LogP contribution is 2.35. The van der Waals surface area contributed by atoms with E-state index in [1.54, 1.807) is 12.1 Å². The fourth-order valence-corrected chi connectivity index (χ4v) is 4.77. The van der Waals surface area contributed by atoms with Gasteiger partial charge >= 0.3 is 6.09 Å². The number of cyclic esters (lactones) is 1. The Morgan fingerprint density at radius 3 is 2.93 bits per heavy atom. The zero-order valence-electron chi connectivity index (χ0n) is 17.0. The van der Waals surface area contributed by atoms with Gasteiger partial charge in [-0.1, -0.05) is 0 Å². The lowest BCUT2D eigenvalue weighted by Crippen LogP contribution is -2.45. The smallest absolute Gasteiger partial charge is 0.414 e. The number of carbonyl (C=O) groups is 2. The first kappa shape index (κ1) is 20.4. The van der Waals surface area contributed by atoms with E-state index in [2.05, 4.69) is 16.3 Å². The highest BCUT2D eigenvalue weighted by atomic mass is 19.1. The Balaban J connectivity index is 1.45. The Morgan fingerprint density at radius 2 is 2.20 bits per heavy atom. The van der Waals surface area contributed by atoms with Crippen LogP contribution in [0.2, 0.25) is 0 Å². The molecule has 0 aromatic heterocycles. The van der Waals surface area contributed by atoms with Crippen LogP contribution in [0.5, 0.6) is 0 Å². The van der Waals surface area contributed by atoms with Crippen LogP contribution in [0.4, 0.5) is 20.6 Å². The maximum Gasteiger partial charge on any atom is 0.414 e. The number of fused-ring (bicyclic) bond motifs is 1. The number of piperidine rings is 1. The third-order valence-corrected chi connectivity index (χ3v) is 6.21. The van der Waals surface area contributed by atoms with Gasteiger partial charge in [0.05, 0.1) is 37.1 Å². The van der Waals surface area contributed by atoms with Gasteiger partial charge in [-0.3, -0.25) is 14.6 Å². The summed E-state index contributed by atoms with van der Waals surface area (Å²) < 4.78 is 20.3. The lowest BCUT2D eigenvalue weighted by Gasteiger charge is -2.34. The maximum atomic E-state index is 15.0. The number of nitrogens with one attached hydrogen (secondary N) is 1. The predicted octanol–water partition coefficient (Wildman–Crippen LogP) is 1.71. The molecule has 2 amide bonds. The number of nitriles is 1. The first-order valence-corrected chi connectivity index (χ1v) is 10.3. The van der Waals surface area contributed by atoms with Crippen molar-refractivity contribution in [2.24, 2.45) is 5.92 Å². The van der Waals surface area contributed by atoms with Crippen LogP contribution < -0.4 is 15.1 Å². The van der Waals surface area contributed by atoms with Crippen LogP contribution in [-0.2, 0) is 9.53 Å². The summed E-state index contributed by atoms with van der Waals surface area (Å²) >= 11 is 0. The number of rotatable bonds is 5. The molecule has 3 saturated heterocycles. The molecule has 4 rings (SSSR count). The topological polar surface area (TPSA) is 88.9 Å². The number of ether oxygens (including phenoxy) is 1. The quantitative estimate of drug-likeness (QED) is 0.737. The Morgan fingerprint density at radius 1 is 1.37 bits per heavy atom. The molecule has 0 radical (unpaired) electrons. The van der Waals surface area contributed by atoms with Gasteiger partial charge in [-0.2, -0.15) is 5.26 Å². The molecule has 30 heavy (non-hydrogen) atoms. The zero-order chi connectivity index (χ0) is 21.3. The summed E-state index contributed by atoms with van der Waals surface area (Å²) in [5.74, 6) is -0.134. The van der Waals surface area contributed by atoms with Crippen LogP contribution in [0.25, 0.3) is 0 Å². The van der Waals surface area contributed by atoms with E-state index in [1.807, 2.05) is 4.90 Å². The van der Waals surface area contributed by atoms with Gasteiger partial charge < -0.3 is 15.0 Å². The van der Waals surface area contributed by atoms with E-state index in [-0.39, 0.29) is 30.9 Å². The molecule has 0 saturated carbocycles. The molecule has 3 heterocycles. The maximum absolute atomic E-state index is 15.0. The fraction of sp³-hybridized carbons (Fsp3) is 0.571. The molecule has 1 aromatic carbocycles. The molecule has 0 aliphatic carbocycles. The molecular weight excluding hydrogens is 389 g/mol. The number of benzene rings is 1. The van der Waals surface area contributed by atoms with Crippen LogP contribution in [0.3, 0.4) is 0 Å². The average Bonchev–Trinajstić information content (AvgIpc) is 3.30. The summed E-state index contributed by atoms with van der Waals surface area (Å²) in [6.07, 6.45) is 1.15. The van der Waals surface area contributed by atoms with E-state index in [1.165, 1.54) is 17.9 Å². The summed E-state index contributed by atoms with van der Waals surface area (Å²) in [7, 11) is 0. The van der Waals surface area contributed by atoms with Gasteiger partial charge in [-0.05, 0) is 43.5 Å². The Kier molecular flexibility index (Phi) is 5.77. The van der Waals surface area contributed by atoms with Gasteiger partial charge in [-0.25, -0.2) is 9.18 Å². The Hall–Kier alpha value is -2.86. The van der Waals surface area contributed by atoms with E-state index in [0.29, 0.717) is 30.4 Å². The SMILES string of the molecule is CC(=O)NC[C@H]1CN(c2ccc(N3C[C@@H]4CCCN(CC#N)[C@@H]4C3)c(F)c2)C(=O)O1. The molecule has 0 spiro atoms. The van der Waals surface area contributed by atoms with Crippen LogP contribution in [0, 0.1) is 23.1 Å². The lowest BCUT2D eigenvalue weighted by molar-refractivity contribution is -0.119. The van der Waals surface area contributed by atoms with Crippen LogP contribution in [0.15, 0.2) is 18.2 Å².